The molecule has 0 bridgehead atoms. The number of aryl methyl sites for hydroxylation is 1. The number of aliphatic carboxylic acids is 1. The summed E-state index contributed by atoms with van der Waals surface area (Å²) in [6.45, 7) is 5.69. The van der Waals surface area contributed by atoms with Crippen LogP contribution in [0.3, 0.4) is 0 Å². The molecule has 126 valence electrons. The zero-order valence-electron chi connectivity index (χ0n) is 14.0. The summed E-state index contributed by atoms with van der Waals surface area (Å²) in [4.78, 5) is 35.1. The molecule has 5 heteroatoms. The highest BCUT2D eigenvalue weighted by Crippen LogP contribution is 2.11. The molecular weight excluding hydrogens is 294 g/mol. The molecule has 1 amide bonds. The molecule has 0 heterocycles. The van der Waals surface area contributed by atoms with Gasteiger partial charge in [-0.2, -0.15) is 0 Å². The highest BCUT2D eigenvalue weighted by molar-refractivity contribution is 5.98. The fourth-order valence-corrected chi connectivity index (χ4v) is 2.23. The lowest BCUT2D eigenvalue weighted by molar-refractivity contribution is -0.143. The lowest BCUT2D eigenvalue weighted by Gasteiger charge is -2.20. The molecule has 2 atom stereocenters. The van der Waals surface area contributed by atoms with E-state index in [1.165, 1.54) is 0 Å². The molecule has 0 aromatic heterocycles. The fourth-order valence-electron chi connectivity index (χ4n) is 2.23. The molecule has 1 aromatic carbocycles. The van der Waals surface area contributed by atoms with Crippen LogP contribution in [0.25, 0.3) is 0 Å². The van der Waals surface area contributed by atoms with Crippen molar-refractivity contribution in [2.24, 2.45) is 5.92 Å². The van der Waals surface area contributed by atoms with Gasteiger partial charge in [0.1, 0.15) is 6.04 Å². The number of amides is 1. The number of nitrogens with one attached hydrogen (secondary N) is 1. The Hall–Kier alpha value is -2.17. The van der Waals surface area contributed by atoms with Gasteiger partial charge in [-0.15, -0.1) is 0 Å². The van der Waals surface area contributed by atoms with Crippen LogP contribution >= 0.6 is 0 Å². The number of benzene rings is 1. The first kappa shape index (κ1) is 18.9. The predicted molar refractivity (Wildman–Crippen MR) is 88.4 cm³/mol. The molecule has 0 aliphatic carbocycles. The number of carbonyl (C=O) groups excluding carboxylic acids is 2. The van der Waals surface area contributed by atoms with Gasteiger partial charge in [-0.3, -0.25) is 9.59 Å². The Bertz CT molecular complexity index is 551. The van der Waals surface area contributed by atoms with Gasteiger partial charge in [-0.1, -0.05) is 51.5 Å². The van der Waals surface area contributed by atoms with Gasteiger partial charge in [0, 0.05) is 18.4 Å². The van der Waals surface area contributed by atoms with Crippen molar-refractivity contribution in [3.05, 3.63) is 35.4 Å². The van der Waals surface area contributed by atoms with E-state index in [1.807, 2.05) is 26.0 Å². The van der Waals surface area contributed by atoms with E-state index in [4.69, 9.17) is 5.11 Å². The van der Waals surface area contributed by atoms with E-state index >= 15 is 0 Å². The molecule has 0 unspecified atom stereocenters. The molecule has 0 aliphatic rings. The maximum atomic E-state index is 12.1. The Morgan fingerprint density at radius 2 is 1.70 bits per heavy atom. The third-order valence-corrected chi connectivity index (χ3v) is 4.06. The normalized spacial score (nSPS) is 13.2. The maximum absolute atomic E-state index is 12.1. The Balaban J connectivity index is 2.54. The van der Waals surface area contributed by atoms with Crippen LogP contribution < -0.4 is 5.32 Å². The number of rotatable bonds is 9. The summed E-state index contributed by atoms with van der Waals surface area (Å²) in [5.74, 6) is -1.72. The number of ketones is 1. The summed E-state index contributed by atoms with van der Waals surface area (Å²) < 4.78 is 0. The number of carboxylic acids is 1. The van der Waals surface area contributed by atoms with Crippen molar-refractivity contribution in [2.45, 2.75) is 52.5 Å². The van der Waals surface area contributed by atoms with E-state index in [2.05, 4.69) is 5.32 Å². The first-order valence-electron chi connectivity index (χ1n) is 8.03. The zero-order chi connectivity index (χ0) is 17.4. The fraction of sp³-hybridized carbons (Fsp3) is 0.500. The first-order chi connectivity index (χ1) is 10.9. The van der Waals surface area contributed by atoms with Gasteiger partial charge in [0.25, 0.3) is 0 Å². The highest BCUT2D eigenvalue weighted by Gasteiger charge is 2.25. The van der Waals surface area contributed by atoms with Crippen LogP contribution in [0.2, 0.25) is 0 Å². The summed E-state index contributed by atoms with van der Waals surface area (Å²) in [6, 6.07) is 6.41. The second-order valence-corrected chi connectivity index (χ2v) is 5.74. The van der Waals surface area contributed by atoms with E-state index in [9.17, 15) is 14.4 Å². The zero-order valence-corrected chi connectivity index (χ0v) is 14.0. The summed E-state index contributed by atoms with van der Waals surface area (Å²) in [7, 11) is 0. The Morgan fingerprint density at radius 3 is 2.17 bits per heavy atom. The van der Waals surface area contributed by atoms with Gasteiger partial charge in [-0.05, 0) is 17.9 Å². The monoisotopic (exact) mass is 319 g/mol. The maximum Gasteiger partial charge on any atom is 0.326 e. The van der Waals surface area contributed by atoms with Crippen LogP contribution in [0, 0.1) is 5.92 Å². The average molecular weight is 319 g/mol. The standard InChI is InChI=1S/C18H25NO4/c1-4-12(3)17(18(22)23)19-16(21)11-10-15(20)14-8-6-13(5-2)7-9-14/h6-9,12,17H,4-5,10-11H2,1-3H3,(H,19,21)(H,22,23)/t12-,17-/m0/s1. The van der Waals surface area contributed by atoms with Gasteiger partial charge in [0.2, 0.25) is 5.91 Å². The summed E-state index contributed by atoms with van der Waals surface area (Å²) >= 11 is 0. The molecule has 5 nitrogen and oxygen atoms in total. The second kappa shape index (κ2) is 9.08. The van der Waals surface area contributed by atoms with Gasteiger partial charge in [0.15, 0.2) is 5.78 Å². The van der Waals surface area contributed by atoms with Crippen molar-refractivity contribution in [1.29, 1.82) is 0 Å². The largest absolute Gasteiger partial charge is 0.480 e. The van der Waals surface area contributed by atoms with Gasteiger partial charge in [-0.25, -0.2) is 4.79 Å². The van der Waals surface area contributed by atoms with Crippen molar-refractivity contribution in [3.8, 4) is 0 Å². The van der Waals surface area contributed by atoms with Gasteiger partial charge in [0.05, 0.1) is 0 Å². The van der Waals surface area contributed by atoms with Crippen LogP contribution in [0.5, 0.6) is 0 Å². The minimum absolute atomic E-state index is 0.00538. The Morgan fingerprint density at radius 1 is 1.09 bits per heavy atom. The smallest absolute Gasteiger partial charge is 0.326 e. The Kier molecular flexibility index (Phi) is 7.45. The van der Waals surface area contributed by atoms with Crippen molar-refractivity contribution in [2.75, 3.05) is 0 Å². The van der Waals surface area contributed by atoms with E-state index in [0.29, 0.717) is 12.0 Å². The molecular formula is C18H25NO4. The minimum atomic E-state index is -1.05. The molecule has 0 radical (unpaired) electrons. The predicted octanol–water partition coefficient (Wildman–Crippen LogP) is 2.83. The SMILES string of the molecule is CCc1ccc(C(=O)CCC(=O)N[C@H](C(=O)O)[C@@H](C)CC)cc1. The number of hydrogen-bond acceptors (Lipinski definition) is 3. The molecule has 0 saturated carbocycles. The number of Topliss-reactive ketones (excluding diaryl/α,β-unsaturated/α-hetero) is 1. The lowest BCUT2D eigenvalue weighted by Crippen LogP contribution is -2.45. The van der Waals surface area contributed by atoms with Crippen molar-refractivity contribution in [3.63, 3.8) is 0 Å². The molecule has 0 spiro atoms. The van der Waals surface area contributed by atoms with Crippen molar-refractivity contribution < 1.29 is 19.5 Å². The molecule has 0 fully saturated rings. The number of carboxylic acid groups (broad SMARTS) is 1. The van der Waals surface area contributed by atoms with E-state index in [-0.39, 0.29) is 24.5 Å². The van der Waals surface area contributed by atoms with Crippen molar-refractivity contribution in [1.82, 2.24) is 5.32 Å². The van der Waals surface area contributed by atoms with E-state index in [0.717, 1.165) is 12.0 Å². The number of hydrogen-bond donors (Lipinski definition) is 2. The van der Waals surface area contributed by atoms with Gasteiger partial charge >= 0.3 is 5.97 Å². The van der Waals surface area contributed by atoms with E-state index < -0.39 is 17.9 Å². The second-order valence-electron chi connectivity index (χ2n) is 5.74. The molecule has 2 N–H and O–H groups in total. The Labute approximate surface area is 137 Å². The first-order valence-corrected chi connectivity index (χ1v) is 8.03. The minimum Gasteiger partial charge on any atom is -0.480 e. The molecule has 23 heavy (non-hydrogen) atoms. The topological polar surface area (TPSA) is 83.5 Å². The lowest BCUT2D eigenvalue weighted by atomic mass is 9.99. The highest BCUT2D eigenvalue weighted by atomic mass is 16.4. The molecule has 1 rings (SSSR count). The number of carbonyl (C=O) groups is 3. The molecule has 1 aromatic rings. The van der Waals surface area contributed by atoms with Crippen molar-refractivity contribution >= 4 is 17.7 Å². The molecule has 0 saturated heterocycles. The summed E-state index contributed by atoms with van der Waals surface area (Å²) in [6.07, 6.45) is 1.63. The van der Waals surface area contributed by atoms with Crippen LogP contribution in [-0.4, -0.2) is 28.8 Å². The van der Waals surface area contributed by atoms with Crippen LogP contribution in [0.4, 0.5) is 0 Å². The van der Waals surface area contributed by atoms with Crippen LogP contribution in [-0.2, 0) is 16.0 Å². The van der Waals surface area contributed by atoms with E-state index in [1.54, 1.807) is 19.1 Å². The van der Waals surface area contributed by atoms with Gasteiger partial charge < -0.3 is 10.4 Å². The van der Waals surface area contributed by atoms with Crippen LogP contribution in [0.1, 0.15) is 56.0 Å². The average Bonchev–Trinajstić information content (AvgIpc) is 2.56. The summed E-state index contributed by atoms with van der Waals surface area (Å²) in [5.41, 5.74) is 1.73. The third kappa shape index (κ3) is 5.85. The quantitative estimate of drug-likeness (QED) is 0.686. The molecule has 0 aliphatic heterocycles. The summed E-state index contributed by atoms with van der Waals surface area (Å²) in [5, 5.41) is 11.6. The van der Waals surface area contributed by atoms with Crippen LogP contribution in [0.15, 0.2) is 24.3 Å². The third-order valence-electron chi connectivity index (χ3n) is 4.06.